The quantitative estimate of drug-likeness (QED) is 0.651. The summed E-state index contributed by atoms with van der Waals surface area (Å²) >= 11 is 0. The Labute approximate surface area is 77.9 Å². The van der Waals surface area contributed by atoms with Crippen LogP contribution in [0.25, 0.3) is 0 Å². The van der Waals surface area contributed by atoms with Gasteiger partial charge in [-0.1, -0.05) is 6.42 Å². The van der Waals surface area contributed by atoms with Crippen LogP contribution in [0.5, 0.6) is 0 Å². The van der Waals surface area contributed by atoms with E-state index < -0.39 is 5.97 Å². The molecule has 1 heterocycles. The van der Waals surface area contributed by atoms with Crippen molar-refractivity contribution in [3.8, 4) is 0 Å². The van der Waals surface area contributed by atoms with Crippen molar-refractivity contribution in [3.63, 3.8) is 0 Å². The fourth-order valence-electron chi connectivity index (χ4n) is 2.15. The minimum atomic E-state index is -0.686. The van der Waals surface area contributed by atoms with Crippen LogP contribution < -0.4 is 5.32 Å². The standard InChI is InChI=1S/C8H13NO2.ClH/c10-7(11)6-4-8(5-9-6)2-1-3-8;/h6,9H,1-5H2,(H,10,11);1H. The number of hydrogen-bond acceptors (Lipinski definition) is 2. The third-order valence-corrected chi connectivity index (χ3v) is 3.07. The summed E-state index contributed by atoms with van der Waals surface area (Å²) < 4.78 is 0. The van der Waals surface area contributed by atoms with Crippen molar-refractivity contribution >= 4 is 18.4 Å². The Hall–Kier alpha value is -0.280. The Morgan fingerprint density at radius 2 is 2.17 bits per heavy atom. The lowest BCUT2D eigenvalue weighted by molar-refractivity contribution is -0.139. The van der Waals surface area contributed by atoms with Crippen LogP contribution in [0.15, 0.2) is 0 Å². The summed E-state index contributed by atoms with van der Waals surface area (Å²) in [7, 11) is 0. The van der Waals surface area contributed by atoms with Crippen LogP contribution in [0.4, 0.5) is 0 Å². The van der Waals surface area contributed by atoms with Gasteiger partial charge in [-0.15, -0.1) is 12.4 Å². The van der Waals surface area contributed by atoms with Crippen molar-refractivity contribution < 1.29 is 9.90 Å². The number of carboxylic acid groups (broad SMARTS) is 1. The molecule has 1 aliphatic carbocycles. The van der Waals surface area contributed by atoms with Gasteiger partial charge >= 0.3 is 5.97 Å². The highest BCUT2D eigenvalue weighted by molar-refractivity contribution is 5.85. The van der Waals surface area contributed by atoms with Gasteiger partial charge in [-0.25, -0.2) is 0 Å². The Bertz CT molecular complexity index is 191. The number of halogens is 1. The molecule has 2 rings (SSSR count). The molecule has 0 aromatic rings. The average Bonchev–Trinajstić information content (AvgIpc) is 2.28. The maximum atomic E-state index is 10.6. The SMILES string of the molecule is Cl.O=C(O)C1CC2(CCC2)CN1. The topological polar surface area (TPSA) is 49.3 Å². The lowest BCUT2D eigenvalue weighted by atomic mass is 9.67. The highest BCUT2D eigenvalue weighted by Crippen LogP contribution is 2.46. The number of nitrogens with one attached hydrogen (secondary N) is 1. The normalized spacial score (nSPS) is 30.8. The summed E-state index contributed by atoms with van der Waals surface area (Å²) in [6.07, 6.45) is 4.59. The van der Waals surface area contributed by atoms with Gasteiger partial charge in [0.25, 0.3) is 0 Å². The summed E-state index contributed by atoms with van der Waals surface area (Å²) in [6.45, 7) is 0.921. The zero-order valence-corrected chi connectivity index (χ0v) is 7.69. The second-order valence-electron chi connectivity index (χ2n) is 3.83. The van der Waals surface area contributed by atoms with E-state index in [1.165, 1.54) is 19.3 Å². The van der Waals surface area contributed by atoms with Gasteiger partial charge in [-0.2, -0.15) is 0 Å². The van der Waals surface area contributed by atoms with Crippen molar-refractivity contribution in [1.29, 1.82) is 0 Å². The molecule has 2 aliphatic rings. The van der Waals surface area contributed by atoms with Gasteiger partial charge < -0.3 is 10.4 Å². The molecule has 1 aliphatic heterocycles. The first-order valence-corrected chi connectivity index (χ1v) is 4.18. The molecular weight excluding hydrogens is 178 g/mol. The third-order valence-electron chi connectivity index (χ3n) is 3.07. The molecule has 1 spiro atoms. The smallest absolute Gasteiger partial charge is 0.320 e. The largest absolute Gasteiger partial charge is 0.480 e. The van der Waals surface area contributed by atoms with Gasteiger partial charge in [-0.05, 0) is 24.7 Å². The van der Waals surface area contributed by atoms with Crippen LogP contribution in [0, 0.1) is 5.41 Å². The van der Waals surface area contributed by atoms with Crippen molar-refractivity contribution in [1.82, 2.24) is 5.32 Å². The molecule has 12 heavy (non-hydrogen) atoms. The van der Waals surface area contributed by atoms with Crippen molar-refractivity contribution in [2.75, 3.05) is 6.54 Å². The summed E-state index contributed by atoms with van der Waals surface area (Å²) in [5.41, 5.74) is 0.378. The Kier molecular flexibility index (Phi) is 2.64. The van der Waals surface area contributed by atoms with Gasteiger partial charge in [0.05, 0.1) is 0 Å². The lowest BCUT2D eigenvalue weighted by Gasteiger charge is -2.37. The molecule has 0 amide bonds. The van der Waals surface area contributed by atoms with Gasteiger partial charge in [0.1, 0.15) is 6.04 Å². The fourth-order valence-corrected chi connectivity index (χ4v) is 2.15. The van der Waals surface area contributed by atoms with Crippen LogP contribution in [-0.2, 0) is 4.79 Å². The van der Waals surface area contributed by atoms with E-state index in [9.17, 15) is 4.79 Å². The van der Waals surface area contributed by atoms with Crippen molar-refractivity contribution in [2.45, 2.75) is 31.7 Å². The second-order valence-corrected chi connectivity index (χ2v) is 3.83. The predicted molar refractivity (Wildman–Crippen MR) is 47.6 cm³/mol. The monoisotopic (exact) mass is 191 g/mol. The first-order valence-electron chi connectivity index (χ1n) is 4.18. The van der Waals surface area contributed by atoms with E-state index in [0.717, 1.165) is 13.0 Å². The van der Waals surface area contributed by atoms with Crippen molar-refractivity contribution in [2.24, 2.45) is 5.41 Å². The van der Waals surface area contributed by atoms with E-state index in [2.05, 4.69) is 5.32 Å². The van der Waals surface area contributed by atoms with Gasteiger partial charge in [-0.3, -0.25) is 4.79 Å². The summed E-state index contributed by atoms with van der Waals surface area (Å²) in [4.78, 5) is 10.6. The first-order chi connectivity index (χ1) is 5.22. The molecule has 1 saturated carbocycles. The zero-order valence-electron chi connectivity index (χ0n) is 6.88. The molecule has 2 fully saturated rings. The molecule has 1 saturated heterocycles. The van der Waals surface area contributed by atoms with E-state index in [1.54, 1.807) is 0 Å². The van der Waals surface area contributed by atoms with Crippen LogP contribution in [0.3, 0.4) is 0 Å². The molecule has 0 aromatic carbocycles. The summed E-state index contributed by atoms with van der Waals surface area (Å²) in [5, 5.41) is 11.8. The highest BCUT2D eigenvalue weighted by atomic mass is 35.5. The molecule has 2 N–H and O–H groups in total. The fraction of sp³-hybridized carbons (Fsp3) is 0.875. The van der Waals surface area contributed by atoms with Gasteiger partial charge in [0.15, 0.2) is 0 Å². The Morgan fingerprint density at radius 3 is 2.42 bits per heavy atom. The lowest BCUT2D eigenvalue weighted by Crippen LogP contribution is -2.31. The molecule has 0 bridgehead atoms. The number of carboxylic acids is 1. The highest BCUT2D eigenvalue weighted by Gasteiger charge is 2.45. The van der Waals surface area contributed by atoms with Crippen LogP contribution in [0.2, 0.25) is 0 Å². The molecule has 0 radical (unpaired) electrons. The maximum Gasteiger partial charge on any atom is 0.320 e. The van der Waals surface area contributed by atoms with Crippen LogP contribution in [0.1, 0.15) is 25.7 Å². The summed E-state index contributed by atoms with van der Waals surface area (Å²) in [5.74, 6) is -0.686. The maximum absolute atomic E-state index is 10.6. The summed E-state index contributed by atoms with van der Waals surface area (Å²) in [6, 6.07) is -0.268. The zero-order chi connectivity index (χ0) is 7.90. The number of carbonyl (C=O) groups is 1. The minimum Gasteiger partial charge on any atom is -0.480 e. The predicted octanol–water partition coefficient (Wildman–Crippen LogP) is 1.02. The van der Waals surface area contributed by atoms with E-state index in [4.69, 9.17) is 5.11 Å². The van der Waals surface area contributed by atoms with Crippen molar-refractivity contribution in [3.05, 3.63) is 0 Å². The molecule has 0 aromatic heterocycles. The molecule has 3 nitrogen and oxygen atoms in total. The minimum absolute atomic E-state index is 0. The third kappa shape index (κ3) is 1.43. The number of aliphatic carboxylic acids is 1. The van der Waals surface area contributed by atoms with Crippen LogP contribution in [-0.4, -0.2) is 23.7 Å². The molecule has 1 atom stereocenters. The Morgan fingerprint density at radius 1 is 1.50 bits per heavy atom. The Balaban J connectivity index is 0.000000720. The first kappa shape index (κ1) is 9.81. The van der Waals surface area contributed by atoms with E-state index in [1.807, 2.05) is 0 Å². The second kappa shape index (κ2) is 3.23. The average molecular weight is 192 g/mol. The molecule has 70 valence electrons. The number of hydrogen-bond donors (Lipinski definition) is 2. The van der Waals surface area contributed by atoms with E-state index in [-0.39, 0.29) is 18.4 Å². The van der Waals surface area contributed by atoms with Gasteiger partial charge in [0, 0.05) is 6.54 Å². The molecular formula is C8H14ClNO2. The number of rotatable bonds is 1. The van der Waals surface area contributed by atoms with E-state index in [0.29, 0.717) is 5.41 Å². The van der Waals surface area contributed by atoms with E-state index >= 15 is 0 Å². The van der Waals surface area contributed by atoms with Gasteiger partial charge in [0.2, 0.25) is 0 Å². The molecule has 4 heteroatoms. The molecule has 1 unspecified atom stereocenters. The van der Waals surface area contributed by atoms with Crippen LogP contribution >= 0.6 is 12.4 Å².